The molecule has 3 aromatic carbocycles. The van der Waals surface area contributed by atoms with Gasteiger partial charge in [-0.25, -0.2) is 4.79 Å². The molecular weight excluding hydrogens is 516 g/mol. The Morgan fingerprint density at radius 2 is 1.82 bits per heavy atom. The van der Waals surface area contributed by atoms with E-state index in [1.54, 1.807) is 24.3 Å². The SMILES string of the molecule is CCc1ccc(N[C@H]2NC(=O)/C(=C/c3cc(Br)ccc3OCc3ccc(C(=O)O)cc3)S2)cc1. The lowest BCUT2D eigenvalue weighted by atomic mass is 10.1. The van der Waals surface area contributed by atoms with Crippen molar-refractivity contribution in [1.82, 2.24) is 5.32 Å². The Labute approximate surface area is 210 Å². The number of amides is 1. The van der Waals surface area contributed by atoms with Crippen LogP contribution >= 0.6 is 27.7 Å². The normalized spacial score (nSPS) is 16.4. The standard InChI is InChI=1S/C26H23BrN2O4S/c1-2-16-5-10-21(11-6-16)28-26-29-24(30)23(34-26)14-19-13-20(27)9-12-22(19)33-15-17-3-7-18(8-4-17)25(31)32/h3-14,26,28H,2,15H2,1H3,(H,29,30)(H,31,32)/b23-14-/t26-/m0/s1. The molecule has 1 aliphatic heterocycles. The first-order valence-corrected chi connectivity index (χ1v) is 12.4. The summed E-state index contributed by atoms with van der Waals surface area (Å²) in [5.74, 6) is -0.492. The van der Waals surface area contributed by atoms with Gasteiger partial charge in [0.2, 0.25) is 0 Å². The number of carboxylic acid groups (broad SMARTS) is 1. The maximum atomic E-state index is 12.6. The van der Waals surface area contributed by atoms with Crippen LogP contribution in [0.3, 0.4) is 0 Å². The van der Waals surface area contributed by atoms with Gasteiger partial charge in [0.1, 0.15) is 12.4 Å². The minimum Gasteiger partial charge on any atom is -0.488 e. The predicted molar refractivity (Wildman–Crippen MR) is 139 cm³/mol. The van der Waals surface area contributed by atoms with Gasteiger partial charge in [-0.05, 0) is 66.1 Å². The molecule has 1 saturated heterocycles. The highest BCUT2D eigenvalue weighted by Crippen LogP contribution is 2.33. The van der Waals surface area contributed by atoms with Crippen LogP contribution in [-0.4, -0.2) is 22.5 Å². The van der Waals surface area contributed by atoms with Crippen LogP contribution in [-0.2, 0) is 17.8 Å². The average molecular weight is 539 g/mol. The van der Waals surface area contributed by atoms with Crippen molar-refractivity contribution in [3.05, 3.63) is 98.4 Å². The molecule has 0 radical (unpaired) electrons. The third-order valence-electron chi connectivity index (χ3n) is 5.24. The number of thioether (sulfide) groups is 1. The van der Waals surface area contributed by atoms with Gasteiger partial charge in [-0.3, -0.25) is 4.79 Å². The largest absolute Gasteiger partial charge is 0.488 e. The van der Waals surface area contributed by atoms with Crippen LogP contribution in [0, 0.1) is 0 Å². The lowest BCUT2D eigenvalue weighted by Gasteiger charge is -2.13. The highest BCUT2D eigenvalue weighted by Gasteiger charge is 2.27. The molecule has 0 aromatic heterocycles. The monoisotopic (exact) mass is 538 g/mol. The number of hydrogen-bond donors (Lipinski definition) is 3. The van der Waals surface area contributed by atoms with Crippen LogP contribution in [0.25, 0.3) is 6.08 Å². The summed E-state index contributed by atoms with van der Waals surface area (Å²) in [6.45, 7) is 2.39. The molecule has 3 N–H and O–H groups in total. The topological polar surface area (TPSA) is 87.7 Å². The maximum Gasteiger partial charge on any atom is 0.335 e. The predicted octanol–water partition coefficient (Wildman–Crippen LogP) is 5.89. The summed E-state index contributed by atoms with van der Waals surface area (Å²) in [4.78, 5) is 24.2. The molecule has 8 heteroatoms. The van der Waals surface area contributed by atoms with Crippen LogP contribution in [0.5, 0.6) is 5.75 Å². The molecule has 174 valence electrons. The maximum absolute atomic E-state index is 12.6. The number of ether oxygens (including phenoxy) is 1. The van der Waals surface area contributed by atoms with Crippen molar-refractivity contribution in [2.75, 3.05) is 5.32 Å². The fraction of sp³-hybridized carbons (Fsp3) is 0.154. The summed E-state index contributed by atoms with van der Waals surface area (Å²) in [6.07, 6.45) is 2.79. The molecule has 1 heterocycles. The van der Waals surface area contributed by atoms with Crippen LogP contribution < -0.4 is 15.4 Å². The molecule has 1 aliphatic rings. The third kappa shape index (κ3) is 6.01. The fourth-order valence-corrected chi connectivity index (χ4v) is 4.72. The summed E-state index contributed by atoms with van der Waals surface area (Å²) < 4.78 is 6.87. The number of nitrogens with one attached hydrogen (secondary N) is 2. The zero-order valence-electron chi connectivity index (χ0n) is 18.4. The third-order valence-corrected chi connectivity index (χ3v) is 6.77. The quantitative estimate of drug-likeness (QED) is 0.310. The zero-order valence-corrected chi connectivity index (χ0v) is 20.8. The first-order valence-electron chi connectivity index (χ1n) is 10.7. The number of carbonyl (C=O) groups excluding carboxylic acids is 1. The molecule has 1 fully saturated rings. The minimum atomic E-state index is -0.965. The Bertz CT molecular complexity index is 1230. The van der Waals surface area contributed by atoms with Crippen molar-refractivity contribution < 1.29 is 19.4 Å². The fourth-order valence-electron chi connectivity index (χ4n) is 3.36. The molecule has 1 amide bonds. The van der Waals surface area contributed by atoms with E-state index in [1.807, 2.05) is 36.4 Å². The Morgan fingerprint density at radius 3 is 2.50 bits per heavy atom. The number of rotatable bonds is 8. The summed E-state index contributed by atoms with van der Waals surface area (Å²) >= 11 is 4.90. The number of anilines is 1. The molecule has 0 bridgehead atoms. The molecule has 0 spiro atoms. The number of halogens is 1. The Morgan fingerprint density at radius 1 is 1.12 bits per heavy atom. The molecule has 0 aliphatic carbocycles. The number of carboxylic acids is 1. The van der Waals surface area contributed by atoms with Gasteiger partial charge in [0.05, 0.1) is 10.5 Å². The highest BCUT2D eigenvalue weighted by atomic mass is 79.9. The van der Waals surface area contributed by atoms with E-state index in [0.717, 1.165) is 27.7 Å². The molecule has 3 aromatic rings. The zero-order chi connectivity index (χ0) is 24.1. The van der Waals surface area contributed by atoms with Gasteiger partial charge in [0.15, 0.2) is 5.50 Å². The smallest absolute Gasteiger partial charge is 0.335 e. The molecule has 6 nitrogen and oxygen atoms in total. The Balaban J connectivity index is 1.46. The average Bonchev–Trinajstić information content (AvgIpc) is 3.17. The van der Waals surface area contributed by atoms with E-state index >= 15 is 0 Å². The van der Waals surface area contributed by atoms with Crippen molar-refractivity contribution in [2.24, 2.45) is 0 Å². The van der Waals surface area contributed by atoms with Crippen molar-refractivity contribution in [3.63, 3.8) is 0 Å². The number of benzene rings is 3. The van der Waals surface area contributed by atoms with E-state index in [4.69, 9.17) is 9.84 Å². The van der Waals surface area contributed by atoms with E-state index in [-0.39, 0.29) is 23.6 Å². The van der Waals surface area contributed by atoms with Crippen molar-refractivity contribution in [2.45, 2.75) is 25.4 Å². The van der Waals surface area contributed by atoms with Gasteiger partial charge in [0.25, 0.3) is 5.91 Å². The van der Waals surface area contributed by atoms with E-state index in [1.165, 1.54) is 17.3 Å². The molecule has 0 saturated carbocycles. The molecule has 4 rings (SSSR count). The number of aryl methyl sites for hydroxylation is 1. The molecule has 1 atom stereocenters. The first-order chi connectivity index (χ1) is 16.4. The Kier molecular flexibility index (Phi) is 7.59. The molecule has 34 heavy (non-hydrogen) atoms. The molecular formula is C26H23BrN2O4S. The van der Waals surface area contributed by atoms with Crippen LogP contribution in [0.4, 0.5) is 5.69 Å². The van der Waals surface area contributed by atoms with Crippen molar-refractivity contribution in [3.8, 4) is 5.75 Å². The number of hydrogen-bond acceptors (Lipinski definition) is 5. The van der Waals surface area contributed by atoms with E-state index in [9.17, 15) is 9.59 Å². The van der Waals surface area contributed by atoms with E-state index < -0.39 is 5.97 Å². The summed E-state index contributed by atoms with van der Waals surface area (Å²) in [7, 11) is 0. The second-order valence-corrected chi connectivity index (χ2v) is 9.71. The van der Waals surface area contributed by atoms with Gasteiger partial charge in [0, 0.05) is 15.7 Å². The highest BCUT2D eigenvalue weighted by molar-refractivity contribution is 9.10. The second-order valence-electron chi connectivity index (χ2n) is 7.65. The lowest BCUT2D eigenvalue weighted by molar-refractivity contribution is -0.116. The second kappa shape index (κ2) is 10.8. The van der Waals surface area contributed by atoms with E-state index in [0.29, 0.717) is 10.7 Å². The minimum absolute atomic E-state index is 0.150. The lowest BCUT2D eigenvalue weighted by Crippen LogP contribution is -2.30. The van der Waals surface area contributed by atoms with Gasteiger partial charge >= 0.3 is 5.97 Å². The first kappa shape index (κ1) is 23.9. The van der Waals surface area contributed by atoms with Gasteiger partial charge in [-0.2, -0.15) is 0 Å². The van der Waals surface area contributed by atoms with Gasteiger partial charge < -0.3 is 20.5 Å². The summed E-state index contributed by atoms with van der Waals surface area (Å²) in [5.41, 5.74) is 3.77. The van der Waals surface area contributed by atoms with Gasteiger partial charge in [-0.15, -0.1) is 0 Å². The van der Waals surface area contributed by atoms with Crippen LogP contribution in [0.1, 0.15) is 34.0 Å². The summed E-state index contributed by atoms with van der Waals surface area (Å²) in [5, 5.41) is 15.3. The summed E-state index contributed by atoms with van der Waals surface area (Å²) in [6, 6.07) is 20.3. The van der Waals surface area contributed by atoms with E-state index in [2.05, 4.69) is 45.6 Å². The van der Waals surface area contributed by atoms with Crippen LogP contribution in [0.2, 0.25) is 0 Å². The van der Waals surface area contributed by atoms with Crippen molar-refractivity contribution in [1.29, 1.82) is 0 Å². The van der Waals surface area contributed by atoms with Gasteiger partial charge in [-0.1, -0.05) is 58.9 Å². The van der Waals surface area contributed by atoms with Crippen LogP contribution in [0.15, 0.2) is 76.1 Å². The molecule has 0 unspecified atom stereocenters. The number of carbonyl (C=O) groups is 2. The van der Waals surface area contributed by atoms with Crippen molar-refractivity contribution >= 4 is 51.3 Å². The number of aromatic carboxylic acids is 1. The Hall–Kier alpha value is -3.23.